The third kappa shape index (κ3) is 4.12. The molecule has 1 saturated heterocycles. The third-order valence-electron chi connectivity index (χ3n) is 5.97. The largest absolute Gasteiger partial charge is 0.394 e. The number of carbonyl (C=O) groups excluding carboxylic acids is 1. The molecular formula is C23H26F2N4O2. The number of hydrogen-bond donors (Lipinski definition) is 2. The van der Waals surface area contributed by atoms with Crippen LogP contribution in [-0.4, -0.2) is 39.8 Å². The molecule has 1 aliphatic heterocycles. The molecule has 0 radical (unpaired) electrons. The maximum Gasteiger partial charge on any atom is 0.255 e. The van der Waals surface area contributed by atoms with E-state index in [1.54, 1.807) is 10.7 Å². The number of benzene rings is 1. The van der Waals surface area contributed by atoms with Gasteiger partial charge in [0.2, 0.25) is 0 Å². The van der Waals surface area contributed by atoms with Gasteiger partial charge in [-0.1, -0.05) is 13.8 Å². The maximum atomic E-state index is 14.4. The highest BCUT2D eigenvalue weighted by Gasteiger charge is 2.29. The van der Waals surface area contributed by atoms with Crippen molar-refractivity contribution in [2.75, 3.05) is 18.1 Å². The lowest BCUT2D eigenvalue weighted by Gasteiger charge is -2.27. The topological polar surface area (TPSA) is 69.9 Å². The molecule has 1 fully saturated rings. The van der Waals surface area contributed by atoms with Gasteiger partial charge in [-0.15, -0.1) is 0 Å². The maximum absolute atomic E-state index is 14.4. The number of rotatable bonds is 6. The van der Waals surface area contributed by atoms with E-state index in [4.69, 9.17) is 0 Å². The van der Waals surface area contributed by atoms with Crippen LogP contribution in [-0.2, 0) is 0 Å². The van der Waals surface area contributed by atoms with Gasteiger partial charge in [-0.2, -0.15) is 5.10 Å². The highest BCUT2D eigenvalue weighted by Crippen LogP contribution is 2.38. The molecule has 2 atom stereocenters. The minimum Gasteiger partial charge on any atom is -0.394 e. The Balaban J connectivity index is 1.67. The monoisotopic (exact) mass is 428 g/mol. The summed E-state index contributed by atoms with van der Waals surface area (Å²) in [5, 5.41) is 16.6. The third-order valence-corrected chi connectivity index (χ3v) is 5.97. The molecule has 2 N–H and O–H groups in total. The average molecular weight is 428 g/mol. The molecule has 1 aromatic carbocycles. The minimum atomic E-state index is -0.461. The van der Waals surface area contributed by atoms with Gasteiger partial charge in [-0.3, -0.25) is 4.79 Å². The van der Waals surface area contributed by atoms with Crippen LogP contribution in [0.4, 0.5) is 14.5 Å². The average Bonchev–Trinajstić information content (AvgIpc) is 3.40. The number of aromatic nitrogens is 2. The van der Waals surface area contributed by atoms with Gasteiger partial charge in [0, 0.05) is 24.0 Å². The van der Waals surface area contributed by atoms with E-state index in [1.807, 2.05) is 30.9 Å². The van der Waals surface area contributed by atoms with E-state index in [0.717, 1.165) is 24.2 Å². The number of nitrogens with one attached hydrogen (secondary N) is 1. The predicted octanol–water partition coefficient (Wildman–Crippen LogP) is 3.70. The number of pyridine rings is 1. The van der Waals surface area contributed by atoms with Crippen molar-refractivity contribution in [3.8, 4) is 0 Å². The molecule has 0 saturated carbocycles. The summed E-state index contributed by atoms with van der Waals surface area (Å²) < 4.78 is 29.8. The van der Waals surface area contributed by atoms with Crippen LogP contribution in [0.25, 0.3) is 5.52 Å². The van der Waals surface area contributed by atoms with Crippen molar-refractivity contribution in [1.82, 2.24) is 14.9 Å². The number of nitrogens with zero attached hydrogens (tertiary/aromatic N) is 3. The van der Waals surface area contributed by atoms with Crippen molar-refractivity contribution >= 4 is 17.1 Å². The Morgan fingerprint density at radius 2 is 2.10 bits per heavy atom. The summed E-state index contributed by atoms with van der Waals surface area (Å²) in [4.78, 5) is 14.9. The second-order valence-corrected chi connectivity index (χ2v) is 8.30. The summed E-state index contributed by atoms with van der Waals surface area (Å²) in [5.74, 6) is -1.11. The Bertz CT molecular complexity index is 1100. The van der Waals surface area contributed by atoms with Gasteiger partial charge in [0.15, 0.2) is 0 Å². The minimum absolute atomic E-state index is 0.0814. The Morgan fingerprint density at radius 1 is 1.29 bits per heavy atom. The molecule has 1 aliphatic rings. The van der Waals surface area contributed by atoms with Gasteiger partial charge in [0.05, 0.1) is 36.0 Å². The summed E-state index contributed by atoms with van der Waals surface area (Å²) in [5.41, 5.74) is 2.16. The van der Waals surface area contributed by atoms with Gasteiger partial charge in [0.25, 0.3) is 5.91 Å². The number of aliphatic hydroxyl groups is 1. The van der Waals surface area contributed by atoms with Crippen LogP contribution in [0.15, 0.2) is 42.7 Å². The molecule has 164 valence electrons. The number of amides is 1. The Labute approximate surface area is 179 Å². The van der Waals surface area contributed by atoms with E-state index in [-0.39, 0.29) is 30.5 Å². The van der Waals surface area contributed by atoms with Crippen molar-refractivity contribution in [2.45, 2.75) is 38.8 Å². The van der Waals surface area contributed by atoms with Gasteiger partial charge in [-0.05, 0) is 49.1 Å². The molecular weight excluding hydrogens is 402 g/mol. The number of aliphatic hydroxyl groups excluding tert-OH is 1. The predicted molar refractivity (Wildman–Crippen MR) is 114 cm³/mol. The van der Waals surface area contributed by atoms with Crippen LogP contribution >= 0.6 is 0 Å². The Hall–Kier alpha value is -3.00. The first-order chi connectivity index (χ1) is 14.9. The smallest absolute Gasteiger partial charge is 0.255 e. The van der Waals surface area contributed by atoms with Gasteiger partial charge in [0.1, 0.15) is 11.6 Å². The molecule has 6 nitrogen and oxygen atoms in total. The molecule has 0 aliphatic carbocycles. The first-order valence-electron chi connectivity index (χ1n) is 10.5. The number of hydrogen-bond acceptors (Lipinski definition) is 4. The summed E-state index contributed by atoms with van der Waals surface area (Å²) in [6.45, 7) is 4.40. The summed E-state index contributed by atoms with van der Waals surface area (Å²) in [7, 11) is 0. The van der Waals surface area contributed by atoms with Crippen molar-refractivity contribution in [2.24, 2.45) is 5.92 Å². The SMILES string of the molecule is CC(C)C(CO)NC(=O)c1cnn2ccc(N3CCCC3c3cc(F)ccc3F)cc12. The summed E-state index contributed by atoms with van der Waals surface area (Å²) >= 11 is 0. The molecule has 31 heavy (non-hydrogen) atoms. The first-order valence-corrected chi connectivity index (χ1v) is 10.5. The number of carbonyl (C=O) groups is 1. The van der Waals surface area contributed by atoms with Gasteiger partial charge >= 0.3 is 0 Å². The number of anilines is 1. The molecule has 1 amide bonds. The van der Waals surface area contributed by atoms with E-state index in [1.165, 1.54) is 12.3 Å². The lowest BCUT2D eigenvalue weighted by atomic mass is 10.0. The summed E-state index contributed by atoms with van der Waals surface area (Å²) in [6, 6.07) is 6.62. The molecule has 3 heterocycles. The molecule has 2 aromatic heterocycles. The van der Waals surface area contributed by atoms with Crippen LogP contribution in [0.2, 0.25) is 0 Å². The summed E-state index contributed by atoms with van der Waals surface area (Å²) in [6.07, 6.45) is 4.82. The zero-order chi connectivity index (χ0) is 22.1. The quantitative estimate of drug-likeness (QED) is 0.628. The van der Waals surface area contributed by atoms with Gasteiger partial charge < -0.3 is 15.3 Å². The van der Waals surface area contributed by atoms with E-state index in [9.17, 15) is 18.7 Å². The van der Waals surface area contributed by atoms with Gasteiger partial charge in [-0.25, -0.2) is 13.3 Å². The molecule has 0 spiro atoms. The molecule has 8 heteroatoms. The molecule has 3 aromatic rings. The normalized spacial score (nSPS) is 17.5. The van der Waals surface area contributed by atoms with E-state index in [0.29, 0.717) is 29.6 Å². The van der Waals surface area contributed by atoms with Crippen molar-refractivity contribution in [3.63, 3.8) is 0 Å². The van der Waals surface area contributed by atoms with E-state index < -0.39 is 11.6 Å². The van der Waals surface area contributed by atoms with Crippen molar-refractivity contribution in [3.05, 3.63) is 65.5 Å². The van der Waals surface area contributed by atoms with Crippen LogP contribution in [0.1, 0.15) is 48.7 Å². The highest BCUT2D eigenvalue weighted by molar-refractivity contribution is 6.01. The van der Waals surface area contributed by atoms with Crippen LogP contribution in [0, 0.1) is 17.6 Å². The van der Waals surface area contributed by atoms with Crippen LogP contribution in [0.3, 0.4) is 0 Å². The van der Waals surface area contributed by atoms with Crippen molar-refractivity contribution in [1.29, 1.82) is 0 Å². The van der Waals surface area contributed by atoms with Crippen LogP contribution < -0.4 is 10.2 Å². The highest BCUT2D eigenvalue weighted by atomic mass is 19.1. The fourth-order valence-electron chi connectivity index (χ4n) is 4.16. The Kier molecular flexibility index (Phi) is 5.91. The lowest BCUT2D eigenvalue weighted by molar-refractivity contribution is 0.0898. The molecule has 4 rings (SSSR count). The fourth-order valence-corrected chi connectivity index (χ4v) is 4.16. The molecule has 2 unspecified atom stereocenters. The first kappa shape index (κ1) is 21.2. The number of halogens is 2. The zero-order valence-electron chi connectivity index (χ0n) is 17.6. The zero-order valence-corrected chi connectivity index (χ0v) is 17.6. The van der Waals surface area contributed by atoms with E-state index >= 15 is 0 Å². The standard InChI is InChI=1S/C23H26F2N4O2/c1-14(2)20(13-30)27-23(31)18-12-26-29-9-7-16(11-22(18)29)28-8-3-4-21(28)17-10-15(24)5-6-19(17)25/h5-7,9-12,14,20-21,30H,3-4,8,13H2,1-2H3,(H,27,31). The lowest BCUT2D eigenvalue weighted by Crippen LogP contribution is -2.41. The second kappa shape index (κ2) is 8.63. The van der Waals surface area contributed by atoms with Crippen LogP contribution in [0.5, 0.6) is 0 Å². The van der Waals surface area contributed by atoms with E-state index in [2.05, 4.69) is 10.4 Å². The van der Waals surface area contributed by atoms with Crippen molar-refractivity contribution < 1.29 is 18.7 Å². The fraction of sp³-hybridized carbons (Fsp3) is 0.391. The number of fused-ring (bicyclic) bond motifs is 1. The second-order valence-electron chi connectivity index (χ2n) is 8.30. The molecule has 0 bridgehead atoms. The Morgan fingerprint density at radius 3 is 2.84 bits per heavy atom.